The first-order valence-corrected chi connectivity index (χ1v) is 9.40. The molecule has 0 atom stereocenters. The molecule has 27 heavy (non-hydrogen) atoms. The van der Waals surface area contributed by atoms with Crippen LogP contribution in [0.25, 0.3) is 0 Å². The standard InChI is InChI=1S/C22H26N2O3/c1-16-10-12-24(13-11-16)22(26)19-8-3-4-9-20(19)23-21(25)15-27-18-7-5-6-17(2)14-18/h3-9,14,16H,10-13,15H2,1-2H3,(H,23,25). The summed E-state index contributed by atoms with van der Waals surface area (Å²) >= 11 is 0. The van der Waals surface area contributed by atoms with Crippen LogP contribution in [0, 0.1) is 12.8 Å². The Morgan fingerprint density at radius 1 is 1.11 bits per heavy atom. The molecule has 1 heterocycles. The van der Waals surface area contributed by atoms with Gasteiger partial charge in [0.1, 0.15) is 5.75 Å². The van der Waals surface area contributed by atoms with E-state index < -0.39 is 0 Å². The molecule has 2 aromatic rings. The molecule has 3 rings (SSSR count). The number of carbonyl (C=O) groups is 2. The van der Waals surface area contributed by atoms with Gasteiger partial charge in [-0.2, -0.15) is 0 Å². The van der Waals surface area contributed by atoms with Crippen LogP contribution in [0.1, 0.15) is 35.7 Å². The Bertz CT molecular complexity index is 811. The molecule has 0 saturated carbocycles. The average Bonchev–Trinajstić information content (AvgIpc) is 2.67. The lowest BCUT2D eigenvalue weighted by Crippen LogP contribution is -2.38. The van der Waals surface area contributed by atoms with Crippen molar-refractivity contribution in [3.05, 3.63) is 59.7 Å². The molecule has 2 aromatic carbocycles. The molecule has 1 saturated heterocycles. The maximum absolute atomic E-state index is 12.9. The number of para-hydroxylation sites is 1. The first-order chi connectivity index (χ1) is 13.0. The summed E-state index contributed by atoms with van der Waals surface area (Å²) in [4.78, 5) is 27.0. The van der Waals surface area contributed by atoms with Crippen LogP contribution in [-0.2, 0) is 4.79 Å². The van der Waals surface area contributed by atoms with E-state index in [0.717, 1.165) is 31.5 Å². The van der Waals surface area contributed by atoms with Gasteiger partial charge in [0.25, 0.3) is 11.8 Å². The molecule has 0 bridgehead atoms. The number of likely N-dealkylation sites (tertiary alicyclic amines) is 1. The second kappa shape index (κ2) is 8.71. The van der Waals surface area contributed by atoms with Gasteiger partial charge in [0.05, 0.1) is 11.3 Å². The highest BCUT2D eigenvalue weighted by atomic mass is 16.5. The van der Waals surface area contributed by atoms with E-state index in [1.807, 2.05) is 48.2 Å². The molecule has 5 heteroatoms. The molecule has 0 radical (unpaired) electrons. The van der Waals surface area contributed by atoms with Gasteiger partial charge in [0.15, 0.2) is 6.61 Å². The third kappa shape index (κ3) is 5.09. The van der Waals surface area contributed by atoms with Gasteiger partial charge in [0.2, 0.25) is 0 Å². The highest BCUT2D eigenvalue weighted by Crippen LogP contribution is 2.22. The monoisotopic (exact) mass is 366 g/mol. The van der Waals surface area contributed by atoms with Crippen LogP contribution in [0.2, 0.25) is 0 Å². The van der Waals surface area contributed by atoms with Crippen molar-refractivity contribution < 1.29 is 14.3 Å². The maximum Gasteiger partial charge on any atom is 0.262 e. The Kier molecular flexibility index (Phi) is 6.12. The van der Waals surface area contributed by atoms with E-state index in [0.29, 0.717) is 22.9 Å². The lowest BCUT2D eigenvalue weighted by molar-refractivity contribution is -0.118. The SMILES string of the molecule is Cc1cccc(OCC(=O)Nc2ccccc2C(=O)N2CCC(C)CC2)c1. The minimum absolute atomic E-state index is 0.0302. The highest BCUT2D eigenvalue weighted by molar-refractivity contribution is 6.04. The van der Waals surface area contributed by atoms with Crippen molar-refractivity contribution in [3.63, 3.8) is 0 Å². The lowest BCUT2D eigenvalue weighted by Gasteiger charge is -2.30. The summed E-state index contributed by atoms with van der Waals surface area (Å²) in [6, 6.07) is 14.7. The second-order valence-corrected chi connectivity index (χ2v) is 7.17. The van der Waals surface area contributed by atoms with Crippen LogP contribution in [0.4, 0.5) is 5.69 Å². The van der Waals surface area contributed by atoms with Crippen molar-refractivity contribution in [2.75, 3.05) is 25.0 Å². The van der Waals surface area contributed by atoms with E-state index in [-0.39, 0.29) is 18.4 Å². The zero-order chi connectivity index (χ0) is 19.2. The van der Waals surface area contributed by atoms with Crippen LogP contribution < -0.4 is 10.1 Å². The number of piperidine rings is 1. The number of amides is 2. The van der Waals surface area contributed by atoms with E-state index in [1.54, 1.807) is 12.1 Å². The molecule has 1 N–H and O–H groups in total. The highest BCUT2D eigenvalue weighted by Gasteiger charge is 2.23. The zero-order valence-electron chi connectivity index (χ0n) is 15.9. The van der Waals surface area contributed by atoms with Crippen molar-refractivity contribution >= 4 is 17.5 Å². The smallest absolute Gasteiger partial charge is 0.262 e. The molecule has 1 aliphatic rings. The summed E-state index contributed by atoms with van der Waals surface area (Å²) in [5.41, 5.74) is 2.12. The Balaban J connectivity index is 1.63. The number of ether oxygens (including phenoxy) is 1. The Morgan fingerprint density at radius 3 is 2.59 bits per heavy atom. The van der Waals surface area contributed by atoms with Crippen LogP contribution in [0.3, 0.4) is 0 Å². The van der Waals surface area contributed by atoms with Crippen molar-refractivity contribution in [1.82, 2.24) is 4.90 Å². The maximum atomic E-state index is 12.9. The molecule has 1 aliphatic heterocycles. The first-order valence-electron chi connectivity index (χ1n) is 9.40. The molecule has 2 amide bonds. The summed E-state index contributed by atoms with van der Waals surface area (Å²) in [6.07, 6.45) is 2.04. The number of benzene rings is 2. The summed E-state index contributed by atoms with van der Waals surface area (Å²) in [6.45, 7) is 5.60. The molecule has 0 aliphatic carbocycles. The molecule has 142 valence electrons. The average molecular weight is 366 g/mol. The van der Waals surface area contributed by atoms with Crippen LogP contribution in [-0.4, -0.2) is 36.4 Å². The fraction of sp³-hybridized carbons (Fsp3) is 0.364. The lowest BCUT2D eigenvalue weighted by atomic mass is 9.98. The normalized spacial score (nSPS) is 14.7. The first kappa shape index (κ1) is 19.0. The van der Waals surface area contributed by atoms with Gasteiger partial charge in [-0.05, 0) is 55.5 Å². The van der Waals surface area contributed by atoms with Gasteiger partial charge in [-0.3, -0.25) is 9.59 Å². The van der Waals surface area contributed by atoms with E-state index >= 15 is 0 Å². The zero-order valence-corrected chi connectivity index (χ0v) is 15.9. The third-order valence-electron chi connectivity index (χ3n) is 4.86. The van der Waals surface area contributed by atoms with E-state index in [2.05, 4.69) is 12.2 Å². The van der Waals surface area contributed by atoms with Crippen LogP contribution in [0.15, 0.2) is 48.5 Å². The Labute approximate surface area is 160 Å². The van der Waals surface area contributed by atoms with Crippen LogP contribution >= 0.6 is 0 Å². The van der Waals surface area contributed by atoms with Crippen molar-refractivity contribution in [3.8, 4) is 5.75 Å². The fourth-order valence-corrected chi connectivity index (χ4v) is 3.20. The largest absolute Gasteiger partial charge is 0.484 e. The number of hydrogen-bond acceptors (Lipinski definition) is 3. The van der Waals surface area contributed by atoms with Crippen molar-refractivity contribution in [1.29, 1.82) is 0 Å². The minimum Gasteiger partial charge on any atom is -0.484 e. The summed E-state index contributed by atoms with van der Waals surface area (Å²) in [5, 5.41) is 2.81. The molecule has 5 nitrogen and oxygen atoms in total. The Hall–Kier alpha value is -2.82. The number of carbonyl (C=O) groups excluding carboxylic acids is 2. The predicted octanol–water partition coefficient (Wildman–Crippen LogP) is 3.88. The molecular weight excluding hydrogens is 340 g/mol. The number of rotatable bonds is 5. The van der Waals surface area contributed by atoms with Gasteiger partial charge in [-0.1, -0.05) is 31.2 Å². The summed E-state index contributed by atoms with van der Waals surface area (Å²) in [5.74, 6) is 0.987. The number of nitrogens with zero attached hydrogens (tertiary/aromatic N) is 1. The summed E-state index contributed by atoms with van der Waals surface area (Å²) in [7, 11) is 0. The van der Waals surface area contributed by atoms with Crippen molar-refractivity contribution in [2.45, 2.75) is 26.7 Å². The molecular formula is C22H26N2O3. The van der Waals surface area contributed by atoms with Gasteiger partial charge in [0, 0.05) is 13.1 Å². The predicted molar refractivity (Wildman–Crippen MR) is 106 cm³/mol. The number of aryl methyl sites for hydroxylation is 1. The van der Waals surface area contributed by atoms with Crippen molar-refractivity contribution in [2.24, 2.45) is 5.92 Å². The van der Waals surface area contributed by atoms with Crippen LogP contribution in [0.5, 0.6) is 5.75 Å². The summed E-state index contributed by atoms with van der Waals surface area (Å²) < 4.78 is 5.54. The molecule has 0 aromatic heterocycles. The Morgan fingerprint density at radius 2 is 1.85 bits per heavy atom. The quantitative estimate of drug-likeness (QED) is 0.873. The number of nitrogens with one attached hydrogen (secondary N) is 1. The van der Waals surface area contributed by atoms with Gasteiger partial charge in [-0.25, -0.2) is 0 Å². The number of anilines is 1. The molecule has 1 fully saturated rings. The molecule has 0 unspecified atom stereocenters. The minimum atomic E-state index is -0.288. The van der Waals surface area contributed by atoms with Gasteiger partial charge >= 0.3 is 0 Å². The second-order valence-electron chi connectivity index (χ2n) is 7.17. The van der Waals surface area contributed by atoms with E-state index in [1.165, 1.54) is 0 Å². The fourth-order valence-electron chi connectivity index (χ4n) is 3.20. The molecule has 0 spiro atoms. The van der Waals surface area contributed by atoms with Gasteiger partial charge in [-0.15, -0.1) is 0 Å². The van der Waals surface area contributed by atoms with E-state index in [9.17, 15) is 9.59 Å². The topological polar surface area (TPSA) is 58.6 Å². The third-order valence-corrected chi connectivity index (χ3v) is 4.86. The number of hydrogen-bond donors (Lipinski definition) is 1. The van der Waals surface area contributed by atoms with Gasteiger partial charge < -0.3 is 15.0 Å². The van der Waals surface area contributed by atoms with E-state index in [4.69, 9.17) is 4.74 Å².